The van der Waals surface area contributed by atoms with Crippen molar-refractivity contribution < 1.29 is 9.53 Å². The summed E-state index contributed by atoms with van der Waals surface area (Å²) < 4.78 is 5.97. The predicted octanol–water partition coefficient (Wildman–Crippen LogP) is 4.37. The van der Waals surface area contributed by atoms with Crippen molar-refractivity contribution in [3.8, 4) is 17.0 Å². The van der Waals surface area contributed by atoms with Crippen molar-refractivity contribution in [3.05, 3.63) is 35.0 Å². The van der Waals surface area contributed by atoms with Crippen LogP contribution in [0.25, 0.3) is 11.3 Å². The maximum Gasteiger partial charge on any atom is 0.220 e. The number of ether oxygens (including phenoxy) is 1. The summed E-state index contributed by atoms with van der Waals surface area (Å²) in [6, 6.07) is 5.81. The normalized spacial score (nSPS) is 15.5. The van der Waals surface area contributed by atoms with Gasteiger partial charge in [-0.3, -0.25) is 4.79 Å². The number of halogens is 1. The molecule has 1 N–H and O–H groups in total. The average molecular weight is 406 g/mol. The molecule has 3 rings (SSSR count). The summed E-state index contributed by atoms with van der Waals surface area (Å²) in [5, 5.41) is 4.26. The summed E-state index contributed by atoms with van der Waals surface area (Å²) in [6.45, 7) is 4.72. The summed E-state index contributed by atoms with van der Waals surface area (Å²) in [5.74, 6) is 1.30. The maximum atomic E-state index is 11.9. The number of benzene rings is 1. The molecule has 0 saturated carbocycles. The van der Waals surface area contributed by atoms with E-state index >= 15 is 0 Å². The molecule has 2 aromatic rings. The highest BCUT2D eigenvalue weighted by molar-refractivity contribution is 7.98. The van der Waals surface area contributed by atoms with Crippen molar-refractivity contribution in [2.24, 2.45) is 5.92 Å². The molecule has 144 valence electrons. The molecule has 1 amide bonds. The zero-order valence-corrected chi connectivity index (χ0v) is 17.4. The van der Waals surface area contributed by atoms with E-state index in [0.717, 1.165) is 28.4 Å². The van der Waals surface area contributed by atoms with Gasteiger partial charge in [0, 0.05) is 30.2 Å². The van der Waals surface area contributed by atoms with Crippen molar-refractivity contribution in [1.29, 1.82) is 0 Å². The molecule has 0 bridgehead atoms. The molecular weight excluding hydrogens is 382 g/mol. The fourth-order valence-electron chi connectivity index (χ4n) is 2.99. The van der Waals surface area contributed by atoms with E-state index in [4.69, 9.17) is 16.3 Å². The number of carbonyl (C=O) groups is 1. The van der Waals surface area contributed by atoms with Crippen LogP contribution in [-0.2, 0) is 11.2 Å². The number of hydrogen-bond donors (Lipinski definition) is 1. The zero-order valence-electron chi connectivity index (χ0n) is 15.8. The Labute approximate surface area is 169 Å². The summed E-state index contributed by atoms with van der Waals surface area (Å²) in [6.07, 6.45) is 5.76. The van der Waals surface area contributed by atoms with E-state index < -0.39 is 0 Å². The van der Waals surface area contributed by atoms with Gasteiger partial charge in [0.2, 0.25) is 5.91 Å². The SMILES string of the molecule is CSc1nccc(-c2cc(Cl)c3c(c2)C[C@H](CNC(=O)CCC(C)C)O3)n1. The topological polar surface area (TPSA) is 64.1 Å². The Balaban J connectivity index is 1.66. The summed E-state index contributed by atoms with van der Waals surface area (Å²) in [5.41, 5.74) is 2.83. The number of amides is 1. The number of carbonyl (C=O) groups excluding carboxylic acids is 1. The van der Waals surface area contributed by atoms with Crippen LogP contribution in [0.15, 0.2) is 29.6 Å². The molecule has 0 spiro atoms. The standard InChI is InChI=1S/C20H24ClN3O2S/c1-12(2)4-5-18(25)23-11-15-9-14-8-13(10-16(21)19(14)26-15)17-6-7-22-20(24-17)27-3/h6-8,10,12,15H,4-5,9,11H2,1-3H3,(H,23,25)/t15-/m1/s1. The van der Waals surface area contributed by atoms with Gasteiger partial charge in [0.25, 0.3) is 0 Å². The van der Waals surface area contributed by atoms with Crippen LogP contribution in [0.5, 0.6) is 5.75 Å². The van der Waals surface area contributed by atoms with Crippen LogP contribution in [0, 0.1) is 5.92 Å². The number of thioether (sulfide) groups is 1. The van der Waals surface area contributed by atoms with E-state index in [1.165, 1.54) is 11.8 Å². The lowest BCUT2D eigenvalue weighted by molar-refractivity contribution is -0.121. The van der Waals surface area contributed by atoms with Gasteiger partial charge in [-0.25, -0.2) is 9.97 Å². The second kappa shape index (κ2) is 8.93. The lowest BCUT2D eigenvalue weighted by Crippen LogP contribution is -2.34. The second-order valence-electron chi connectivity index (χ2n) is 7.06. The first kappa shape index (κ1) is 20.0. The Hall–Kier alpha value is -1.79. The molecule has 0 saturated heterocycles. The quantitative estimate of drug-likeness (QED) is 0.547. The summed E-state index contributed by atoms with van der Waals surface area (Å²) in [4.78, 5) is 20.7. The molecule has 0 aliphatic carbocycles. The Morgan fingerprint density at radius 1 is 1.44 bits per heavy atom. The fraction of sp³-hybridized carbons (Fsp3) is 0.450. The summed E-state index contributed by atoms with van der Waals surface area (Å²) in [7, 11) is 0. The Bertz CT molecular complexity index is 829. The van der Waals surface area contributed by atoms with Gasteiger partial charge in [0.05, 0.1) is 17.3 Å². The third-order valence-electron chi connectivity index (χ3n) is 4.44. The second-order valence-corrected chi connectivity index (χ2v) is 8.24. The number of aromatic nitrogens is 2. The maximum absolute atomic E-state index is 11.9. The third-order valence-corrected chi connectivity index (χ3v) is 5.28. The highest BCUT2D eigenvalue weighted by atomic mass is 35.5. The monoisotopic (exact) mass is 405 g/mol. The highest BCUT2D eigenvalue weighted by Gasteiger charge is 2.26. The van der Waals surface area contributed by atoms with Gasteiger partial charge in [-0.05, 0) is 36.8 Å². The summed E-state index contributed by atoms with van der Waals surface area (Å²) >= 11 is 7.95. The van der Waals surface area contributed by atoms with Gasteiger partial charge >= 0.3 is 0 Å². The van der Waals surface area contributed by atoms with Crippen molar-refractivity contribution in [3.63, 3.8) is 0 Å². The molecule has 7 heteroatoms. The van der Waals surface area contributed by atoms with E-state index in [0.29, 0.717) is 36.1 Å². The lowest BCUT2D eigenvalue weighted by Gasteiger charge is -2.13. The molecule has 0 radical (unpaired) electrons. The minimum atomic E-state index is -0.0945. The van der Waals surface area contributed by atoms with Crippen LogP contribution in [0.1, 0.15) is 32.3 Å². The minimum Gasteiger partial charge on any atom is -0.486 e. The predicted molar refractivity (Wildman–Crippen MR) is 109 cm³/mol. The largest absolute Gasteiger partial charge is 0.486 e. The Morgan fingerprint density at radius 3 is 3.00 bits per heavy atom. The number of fused-ring (bicyclic) bond motifs is 1. The van der Waals surface area contributed by atoms with E-state index in [1.807, 2.05) is 18.4 Å². The van der Waals surface area contributed by atoms with E-state index in [-0.39, 0.29) is 12.0 Å². The lowest BCUT2D eigenvalue weighted by atomic mass is 10.0. The van der Waals surface area contributed by atoms with Crippen molar-refractivity contribution in [2.75, 3.05) is 12.8 Å². The number of nitrogens with zero attached hydrogens (tertiary/aromatic N) is 2. The molecule has 0 fully saturated rings. The van der Waals surface area contributed by atoms with Crippen molar-refractivity contribution >= 4 is 29.3 Å². The third kappa shape index (κ3) is 5.14. The molecule has 0 unspecified atom stereocenters. The fourth-order valence-corrected chi connectivity index (χ4v) is 3.62. The first-order chi connectivity index (χ1) is 13.0. The molecule has 27 heavy (non-hydrogen) atoms. The smallest absolute Gasteiger partial charge is 0.220 e. The first-order valence-electron chi connectivity index (χ1n) is 9.09. The minimum absolute atomic E-state index is 0.0700. The van der Waals surface area contributed by atoms with E-state index in [9.17, 15) is 4.79 Å². The van der Waals surface area contributed by atoms with E-state index in [2.05, 4.69) is 35.2 Å². The molecule has 2 heterocycles. The van der Waals surface area contributed by atoms with Gasteiger partial charge in [-0.15, -0.1) is 0 Å². The molecular formula is C20H24ClN3O2S. The van der Waals surface area contributed by atoms with Crippen LogP contribution in [0.2, 0.25) is 5.02 Å². The number of hydrogen-bond acceptors (Lipinski definition) is 5. The van der Waals surface area contributed by atoms with Crippen LogP contribution in [0.3, 0.4) is 0 Å². The Kier molecular flexibility index (Phi) is 6.60. The number of nitrogens with one attached hydrogen (secondary N) is 1. The van der Waals surface area contributed by atoms with Crippen molar-refractivity contribution in [2.45, 2.75) is 44.4 Å². The molecule has 5 nitrogen and oxygen atoms in total. The average Bonchev–Trinajstić information content (AvgIpc) is 3.08. The van der Waals surface area contributed by atoms with Gasteiger partial charge in [-0.2, -0.15) is 0 Å². The van der Waals surface area contributed by atoms with Crippen LogP contribution < -0.4 is 10.1 Å². The molecule has 1 aliphatic rings. The van der Waals surface area contributed by atoms with Gasteiger partial charge in [0.15, 0.2) is 5.16 Å². The van der Waals surface area contributed by atoms with Crippen molar-refractivity contribution in [1.82, 2.24) is 15.3 Å². The number of rotatable bonds is 7. The van der Waals surface area contributed by atoms with Crippen LogP contribution in [0.4, 0.5) is 0 Å². The van der Waals surface area contributed by atoms with Gasteiger partial charge in [0.1, 0.15) is 11.9 Å². The molecule has 1 aromatic heterocycles. The Morgan fingerprint density at radius 2 is 2.26 bits per heavy atom. The molecule has 1 atom stereocenters. The zero-order chi connectivity index (χ0) is 19.4. The van der Waals surface area contributed by atoms with E-state index in [1.54, 1.807) is 6.20 Å². The van der Waals surface area contributed by atoms with Crippen LogP contribution in [-0.4, -0.2) is 34.8 Å². The highest BCUT2D eigenvalue weighted by Crippen LogP contribution is 2.39. The van der Waals surface area contributed by atoms with Gasteiger partial charge in [-0.1, -0.05) is 37.2 Å². The van der Waals surface area contributed by atoms with Gasteiger partial charge < -0.3 is 10.1 Å². The van der Waals surface area contributed by atoms with Crippen LogP contribution >= 0.6 is 23.4 Å². The molecule has 1 aromatic carbocycles. The molecule has 1 aliphatic heterocycles. The first-order valence-corrected chi connectivity index (χ1v) is 10.7.